The van der Waals surface area contributed by atoms with Crippen LogP contribution < -0.4 is 24.2 Å². The van der Waals surface area contributed by atoms with Gasteiger partial charge < -0.3 is 19.5 Å². The Morgan fingerprint density at radius 1 is 1.06 bits per heavy atom. The summed E-state index contributed by atoms with van der Waals surface area (Å²) in [6, 6.07) is 13.8. The van der Waals surface area contributed by atoms with Crippen LogP contribution in [0.15, 0.2) is 78.3 Å². The summed E-state index contributed by atoms with van der Waals surface area (Å²) >= 11 is 0. The van der Waals surface area contributed by atoms with Crippen molar-refractivity contribution in [1.82, 2.24) is 10.3 Å². The molecule has 0 radical (unpaired) electrons. The number of rotatable bonds is 10. The Morgan fingerprint density at radius 2 is 1.85 bits per heavy atom. The molecule has 0 unspecified atom stereocenters. The zero-order valence-corrected chi connectivity index (χ0v) is 18.9. The summed E-state index contributed by atoms with van der Waals surface area (Å²) in [6.07, 6.45) is 3.05. The molecule has 0 atom stereocenters. The fourth-order valence-corrected chi connectivity index (χ4v) is 3.90. The van der Waals surface area contributed by atoms with Crippen molar-refractivity contribution < 1.29 is 27.4 Å². The molecule has 2 aromatic carbocycles. The summed E-state index contributed by atoms with van der Waals surface area (Å²) in [5, 5.41) is 2.67. The van der Waals surface area contributed by atoms with E-state index in [0.717, 1.165) is 0 Å². The number of ether oxygens (including phenoxy) is 3. The van der Waals surface area contributed by atoms with E-state index in [-0.39, 0.29) is 33.7 Å². The SMILES string of the molecule is C=CCNC(=O)c1cccnc1Oc1cccc(NS(=O)(=O)c2ccc(OC)c(OC)c2)c1. The van der Waals surface area contributed by atoms with Gasteiger partial charge in [0.05, 0.1) is 24.8 Å². The maximum absolute atomic E-state index is 12.9. The first-order valence-electron chi connectivity index (χ1n) is 9.75. The van der Waals surface area contributed by atoms with E-state index < -0.39 is 10.0 Å². The summed E-state index contributed by atoms with van der Waals surface area (Å²) in [5.41, 5.74) is 0.492. The first kappa shape index (κ1) is 23.6. The highest BCUT2D eigenvalue weighted by Crippen LogP contribution is 2.31. The molecule has 33 heavy (non-hydrogen) atoms. The Balaban J connectivity index is 1.83. The van der Waals surface area contributed by atoms with E-state index in [0.29, 0.717) is 18.0 Å². The standard InChI is InChI=1S/C23H23N3O6S/c1-4-12-24-22(27)19-9-6-13-25-23(19)32-17-8-5-7-16(14-17)26-33(28,29)18-10-11-20(30-2)21(15-18)31-3/h4-11,13-15,26H,1,12H2,2-3H3,(H,24,27). The van der Waals surface area contributed by atoms with Crippen LogP contribution in [0.5, 0.6) is 23.1 Å². The molecule has 9 nitrogen and oxygen atoms in total. The number of aromatic nitrogens is 1. The van der Waals surface area contributed by atoms with Crippen LogP contribution >= 0.6 is 0 Å². The molecular formula is C23H23N3O6S. The topological polar surface area (TPSA) is 116 Å². The quantitative estimate of drug-likeness (QED) is 0.436. The van der Waals surface area contributed by atoms with E-state index in [1.54, 1.807) is 36.4 Å². The Hall–Kier alpha value is -4.05. The number of nitrogens with one attached hydrogen (secondary N) is 2. The van der Waals surface area contributed by atoms with Crippen LogP contribution in [0, 0.1) is 0 Å². The maximum Gasteiger partial charge on any atom is 0.262 e. The van der Waals surface area contributed by atoms with Crippen molar-refractivity contribution in [2.24, 2.45) is 0 Å². The Kier molecular flexibility index (Phi) is 7.52. The number of sulfonamides is 1. The highest BCUT2D eigenvalue weighted by Gasteiger charge is 2.18. The van der Waals surface area contributed by atoms with E-state index in [2.05, 4.69) is 21.6 Å². The molecule has 0 aliphatic heterocycles. The van der Waals surface area contributed by atoms with Crippen LogP contribution in [0.2, 0.25) is 0 Å². The Labute approximate surface area is 192 Å². The summed E-state index contributed by atoms with van der Waals surface area (Å²) in [4.78, 5) is 16.4. The second-order valence-corrected chi connectivity index (χ2v) is 8.29. The normalized spacial score (nSPS) is 10.7. The van der Waals surface area contributed by atoms with Crippen LogP contribution in [0.25, 0.3) is 0 Å². The smallest absolute Gasteiger partial charge is 0.262 e. The average Bonchev–Trinajstić information content (AvgIpc) is 2.82. The molecule has 0 fully saturated rings. The minimum Gasteiger partial charge on any atom is -0.493 e. The van der Waals surface area contributed by atoms with Crippen LogP contribution in [0.3, 0.4) is 0 Å². The molecule has 172 valence electrons. The molecule has 10 heteroatoms. The van der Waals surface area contributed by atoms with Gasteiger partial charge in [-0.2, -0.15) is 0 Å². The maximum atomic E-state index is 12.9. The van der Waals surface area contributed by atoms with Gasteiger partial charge >= 0.3 is 0 Å². The predicted octanol–water partition coefficient (Wildman–Crippen LogP) is 3.61. The van der Waals surface area contributed by atoms with E-state index in [9.17, 15) is 13.2 Å². The van der Waals surface area contributed by atoms with Crippen LogP contribution in [-0.2, 0) is 10.0 Å². The molecule has 1 aromatic heterocycles. The van der Waals surface area contributed by atoms with Gasteiger partial charge in [-0.15, -0.1) is 6.58 Å². The van der Waals surface area contributed by atoms with Gasteiger partial charge in [0.25, 0.3) is 15.9 Å². The van der Waals surface area contributed by atoms with Crippen molar-refractivity contribution in [3.8, 4) is 23.1 Å². The van der Waals surface area contributed by atoms with E-state index in [1.807, 2.05) is 0 Å². The third-order valence-corrected chi connectivity index (χ3v) is 5.77. The van der Waals surface area contributed by atoms with E-state index >= 15 is 0 Å². The van der Waals surface area contributed by atoms with Gasteiger partial charge in [-0.1, -0.05) is 12.1 Å². The number of hydrogen-bond donors (Lipinski definition) is 2. The first-order valence-corrected chi connectivity index (χ1v) is 11.2. The largest absolute Gasteiger partial charge is 0.493 e. The number of nitrogens with zero attached hydrogens (tertiary/aromatic N) is 1. The van der Waals surface area contributed by atoms with E-state index in [4.69, 9.17) is 14.2 Å². The molecule has 2 N–H and O–H groups in total. The van der Waals surface area contributed by atoms with Crippen LogP contribution in [-0.4, -0.2) is 40.1 Å². The number of benzene rings is 2. The van der Waals surface area contributed by atoms with Crippen LogP contribution in [0.1, 0.15) is 10.4 Å². The van der Waals surface area contributed by atoms with Gasteiger partial charge in [0.15, 0.2) is 11.5 Å². The lowest BCUT2D eigenvalue weighted by atomic mass is 10.2. The van der Waals surface area contributed by atoms with Gasteiger partial charge in [-0.25, -0.2) is 13.4 Å². The molecule has 0 saturated carbocycles. The number of carbonyl (C=O) groups is 1. The molecule has 1 amide bonds. The van der Waals surface area contributed by atoms with Gasteiger partial charge in [0.1, 0.15) is 11.3 Å². The third kappa shape index (κ3) is 5.80. The molecule has 1 heterocycles. The van der Waals surface area contributed by atoms with Crippen molar-refractivity contribution in [1.29, 1.82) is 0 Å². The highest BCUT2D eigenvalue weighted by molar-refractivity contribution is 7.92. The number of hydrogen-bond acceptors (Lipinski definition) is 7. The van der Waals surface area contributed by atoms with Gasteiger partial charge in [-0.05, 0) is 36.4 Å². The Bertz CT molecular complexity index is 1260. The van der Waals surface area contributed by atoms with Gasteiger partial charge in [0.2, 0.25) is 5.88 Å². The molecule has 0 saturated heterocycles. The van der Waals surface area contributed by atoms with Crippen LogP contribution in [0.4, 0.5) is 5.69 Å². The van der Waals surface area contributed by atoms with Crippen molar-refractivity contribution in [2.45, 2.75) is 4.90 Å². The molecule has 3 rings (SSSR count). The van der Waals surface area contributed by atoms with Crippen molar-refractivity contribution in [2.75, 3.05) is 25.5 Å². The summed E-state index contributed by atoms with van der Waals surface area (Å²) in [5.74, 6) is 0.700. The van der Waals surface area contributed by atoms with Crippen molar-refractivity contribution in [3.05, 3.63) is 79.0 Å². The second kappa shape index (κ2) is 10.5. The number of pyridine rings is 1. The second-order valence-electron chi connectivity index (χ2n) is 6.61. The van der Waals surface area contributed by atoms with Crippen molar-refractivity contribution >= 4 is 21.6 Å². The molecular weight excluding hydrogens is 446 g/mol. The zero-order chi connectivity index (χ0) is 23.8. The summed E-state index contributed by atoms with van der Waals surface area (Å²) in [7, 11) is -1.04. The lowest BCUT2D eigenvalue weighted by molar-refractivity contribution is 0.0955. The monoisotopic (exact) mass is 469 g/mol. The number of methoxy groups -OCH3 is 2. The third-order valence-electron chi connectivity index (χ3n) is 4.39. The Morgan fingerprint density at radius 3 is 2.58 bits per heavy atom. The molecule has 0 bridgehead atoms. The average molecular weight is 470 g/mol. The first-order chi connectivity index (χ1) is 15.9. The van der Waals surface area contributed by atoms with Gasteiger partial charge in [0, 0.05) is 24.9 Å². The minimum atomic E-state index is -3.92. The predicted molar refractivity (Wildman–Crippen MR) is 124 cm³/mol. The molecule has 0 aliphatic rings. The summed E-state index contributed by atoms with van der Waals surface area (Å²) in [6.45, 7) is 3.86. The number of amides is 1. The fraction of sp³-hybridized carbons (Fsp3) is 0.130. The fourth-order valence-electron chi connectivity index (χ4n) is 2.84. The summed E-state index contributed by atoms with van der Waals surface area (Å²) < 4.78 is 44.3. The minimum absolute atomic E-state index is 0.00243. The lowest BCUT2D eigenvalue weighted by Crippen LogP contribution is -2.23. The molecule has 0 aliphatic carbocycles. The number of carbonyl (C=O) groups excluding carboxylic acids is 1. The highest BCUT2D eigenvalue weighted by atomic mass is 32.2. The zero-order valence-electron chi connectivity index (χ0n) is 18.1. The van der Waals surface area contributed by atoms with Crippen molar-refractivity contribution in [3.63, 3.8) is 0 Å². The van der Waals surface area contributed by atoms with Gasteiger partial charge in [-0.3, -0.25) is 9.52 Å². The lowest BCUT2D eigenvalue weighted by Gasteiger charge is -2.13. The molecule has 0 spiro atoms. The van der Waals surface area contributed by atoms with E-state index in [1.165, 1.54) is 44.7 Å². The molecule has 3 aromatic rings. The number of anilines is 1.